The van der Waals surface area contributed by atoms with Gasteiger partial charge >= 0.3 is 5.97 Å². The number of hydrogen-bond donors (Lipinski definition) is 2. The second-order valence-corrected chi connectivity index (χ2v) is 6.74. The Balaban J connectivity index is 1.97. The number of benzene rings is 1. The van der Waals surface area contributed by atoms with E-state index in [4.69, 9.17) is 0 Å². The van der Waals surface area contributed by atoms with Gasteiger partial charge in [-0.05, 0) is 24.5 Å². The highest BCUT2D eigenvalue weighted by Gasteiger charge is 2.33. The average Bonchev–Trinajstić information content (AvgIpc) is 3.00. The number of rotatable bonds is 7. The van der Waals surface area contributed by atoms with E-state index >= 15 is 0 Å². The van der Waals surface area contributed by atoms with Crippen LogP contribution >= 0.6 is 0 Å². The Kier molecular flexibility index (Phi) is 7.36. The van der Waals surface area contributed by atoms with Gasteiger partial charge in [0, 0.05) is 18.5 Å². The molecule has 1 aromatic carbocycles. The van der Waals surface area contributed by atoms with Gasteiger partial charge in [-0.1, -0.05) is 37.3 Å². The van der Waals surface area contributed by atoms with E-state index < -0.39 is 18.2 Å². The van der Waals surface area contributed by atoms with Crippen molar-refractivity contribution in [2.45, 2.75) is 44.4 Å². The van der Waals surface area contributed by atoms with Crippen molar-refractivity contribution < 1.29 is 24.5 Å². The van der Waals surface area contributed by atoms with Gasteiger partial charge in [0.25, 0.3) is 5.91 Å². The molecule has 2 unspecified atom stereocenters. The molecule has 0 bridgehead atoms. The van der Waals surface area contributed by atoms with E-state index in [1.807, 2.05) is 29.2 Å². The van der Waals surface area contributed by atoms with Gasteiger partial charge in [0.1, 0.15) is 0 Å². The van der Waals surface area contributed by atoms with Crippen molar-refractivity contribution in [1.29, 1.82) is 0 Å². The van der Waals surface area contributed by atoms with Crippen molar-refractivity contribution in [3.05, 3.63) is 48.0 Å². The number of amides is 1. The molecule has 0 spiro atoms. The van der Waals surface area contributed by atoms with Crippen LogP contribution in [0.15, 0.2) is 42.5 Å². The van der Waals surface area contributed by atoms with Crippen molar-refractivity contribution in [3.8, 4) is 0 Å². The fraction of sp³-hybridized carbons (Fsp3) is 0.500. The molecule has 1 saturated heterocycles. The number of ether oxygens (including phenoxy) is 1. The van der Waals surface area contributed by atoms with Crippen LogP contribution in [0, 0.1) is 5.92 Å². The Bertz CT molecular complexity index is 630. The Morgan fingerprint density at radius 2 is 2.00 bits per heavy atom. The summed E-state index contributed by atoms with van der Waals surface area (Å²) in [7, 11) is 1.26. The summed E-state index contributed by atoms with van der Waals surface area (Å²) in [6, 6.07) is 9.04. The van der Waals surface area contributed by atoms with Crippen molar-refractivity contribution in [1.82, 2.24) is 4.90 Å². The van der Waals surface area contributed by atoms with E-state index in [-0.39, 0.29) is 30.7 Å². The number of nitrogens with zero attached hydrogens (tertiary/aromatic N) is 1. The van der Waals surface area contributed by atoms with Gasteiger partial charge in [-0.25, -0.2) is 0 Å². The van der Waals surface area contributed by atoms with Gasteiger partial charge in [0.15, 0.2) is 0 Å². The molecule has 1 fully saturated rings. The molecule has 4 atom stereocenters. The molecule has 1 aromatic rings. The molecule has 1 heterocycles. The zero-order valence-corrected chi connectivity index (χ0v) is 15.2. The molecule has 2 rings (SSSR count). The molecule has 0 saturated carbocycles. The molecule has 0 aromatic heterocycles. The molecule has 142 valence electrons. The Morgan fingerprint density at radius 3 is 2.65 bits per heavy atom. The van der Waals surface area contributed by atoms with E-state index in [0.29, 0.717) is 12.1 Å². The first kappa shape index (κ1) is 20.1. The Labute approximate surface area is 154 Å². The number of hydrogen-bond acceptors (Lipinski definition) is 5. The van der Waals surface area contributed by atoms with Crippen LogP contribution in [0.5, 0.6) is 0 Å². The number of esters is 1. The molecule has 0 radical (unpaired) electrons. The average molecular weight is 361 g/mol. The summed E-state index contributed by atoms with van der Waals surface area (Å²) < 4.78 is 4.50. The van der Waals surface area contributed by atoms with Gasteiger partial charge < -0.3 is 19.8 Å². The quantitative estimate of drug-likeness (QED) is 0.571. The third-order valence-corrected chi connectivity index (χ3v) is 4.72. The number of likely N-dealkylation sites (tertiary alicyclic amines) is 1. The molecular weight excluding hydrogens is 334 g/mol. The third-order valence-electron chi connectivity index (χ3n) is 4.72. The van der Waals surface area contributed by atoms with E-state index in [1.165, 1.54) is 7.11 Å². The van der Waals surface area contributed by atoms with E-state index in [0.717, 1.165) is 6.42 Å². The van der Waals surface area contributed by atoms with Gasteiger partial charge in [-0.15, -0.1) is 0 Å². The summed E-state index contributed by atoms with van der Waals surface area (Å²) in [6.07, 6.45) is 2.35. The summed E-state index contributed by atoms with van der Waals surface area (Å²) in [4.78, 5) is 25.7. The maximum atomic E-state index is 12.7. The lowest BCUT2D eigenvalue weighted by Crippen LogP contribution is -2.36. The van der Waals surface area contributed by atoms with Crippen LogP contribution in [-0.2, 0) is 9.53 Å². The summed E-state index contributed by atoms with van der Waals surface area (Å²) >= 11 is 0. The highest BCUT2D eigenvalue weighted by atomic mass is 16.5. The normalized spacial score (nSPS) is 22.4. The Hall–Kier alpha value is -2.18. The van der Waals surface area contributed by atoms with Crippen LogP contribution in [0.3, 0.4) is 0 Å². The molecule has 2 N–H and O–H groups in total. The van der Waals surface area contributed by atoms with E-state index in [1.54, 1.807) is 18.2 Å². The zero-order valence-electron chi connectivity index (χ0n) is 15.2. The summed E-state index contributed by atoms with van der Waals surface area (Å²) in [6.45, 7) is 2.75. The number of carbonyl (C=O) groups is 2. The third kappa shape index (κ3) is 5.41. The lowest BCUT2D eigenvalue weighted by molar-refractivity contribution is -0.143. The molecule has 1 aliphatic heterocycles. The predicted octanol–water partition coefficient (Wildman–Crippen LogP) is 1.77. The van der Waals surface area contributed by atoms with Crippen LogP contribution in [0.1, 0.15) is 36.5 Å². The number of carbonyl (C=O) groups excluding carboxylic acids is 2. The molecule has 6 heteroatoms. The first-order chi connectivity index (χ1) is 12.4. The van der Waals surface area contributed by atoms with Gasteiger partial charge in [0.05, 0.1) is 31.8 Å². The second-order valence-electron chi connectivity index (χ2n) is 6.74. The minimum Gasteiger partial charge on any atom is -0.469 e. The van der Waals surface area contributed by atoms with Gasteiger partial charge in [-0.2, -0.15) is 0 Å². The highest BCUT2D eigenvalue weighted by molar-refractivity contribution is 5.94. The van der Waals surface area contributed by atoms with Crippen molar-refractivity contribution in [2.24, 2.45) is 5.92 Å². The smallest absolute Gasteiger partial charge is 0.308 e. The Morgan fingerprint density at radius 1 is 1.31 bits per heavy atom. The first-order valence-electron chi connectivity index (χ1n) is 8.89. The van der Waals surface area contributed by atoms with E-state index in [9.17, 15) is 19.8 Å². The summed E-state index contributed by atoms with van der Waals surface area (Å²) in [5.74, 6) is -0.256. The fourth-order valence-corrected chi connectivity index (χ4v) is 3.21. The minimum atomic E-state index is -0.967. The van der Waals surface area contributed by atoms with Gasteiger partial charge in [-0.3, -0.25) is 9.59 Å². The van der Waals surface area contributed by atoms with Crippen molar-refractivity contribution in [2.75, 3.05) is 13.7 Å². The van der Waals surface area contributed by atoms with Crippen LogP contribution in [0.4, 0.5) is 0 Å². The molecule has 1 amide bonds. The number of methoxy groups -OCH3 is 1. The minimum absolute atomic E-state index is 0.0233. The molecule has 6 nitrogen and oxygen atoms in total. The number of aliphatic hydroxyl groups is 2. The highest BCUT2D eigenvalue weighted by Crippen LogP contribution is 2.27. The largest absolute Gasteiger partial charge is 0.469 e. The van der Waals surface area contributed by atoms with Crippen LogP contribution < -0.4 is 0 Å². The summed E-state index contributed by atoms with van der Waals surface area (Å²) in [5.41, 5.74) is 0.647. The molecule has 0 aliphatic carbocycles. The topological polar surface area (TPSA) is 87.1 Å². The first-order valence-corrected chi connectivity index (χ1v) is 8.89. The van der Waals surface area contributed by atoms with Gasteiger partial charge in [0.2, 0.25) is 0 Å². The zero-order chi connectivity index (χ0) is 19.1. The maximum Gasteiger partial charge on any atom is 0.308 e. The lowest BCUT2D eigenvalue weighted by atomic mass is 10.0. The van der Waals surface area contributed by atoms with Crippen molar-refractivity contribution >= 4 is 11.9 Å². The summed E-state index contributed by atoms with van der Waals surface area (Å²) in [5, 5.41) is 19.9. The SMILES string of the molecule is COC(=O)C[C@H](O)C[C@@H](O)/C=C/C1C(C)CCN1C(=O)c1ccccc1. The van der Waals surface area contributed by atoms with Crippen LogP contribution in [0.2, 0.25) is 0 Å². The monoisotopic (exact) mass is 361 g/mol. The van der Waals surface area contributed by atoms with E-state index in [2.05, 4.69) is 11.7 Å². The fourth-order valence-electron chi connectivity index (χ4n) is 3.21. The number of aliphatic hydroxyl groups excluding tert-OH is 2. The lowest BCUT2D eigenvalue weighted by Gasteiger charge is -2.25. The standard InChI is InChI=1S/C20H27NO5/c1-14-10-11-21(20(25)15-6-4-3-5-7-15)18(14)9-8-16(22)12-17(23)13-19(24)26-2/h3-9,14,16-18,22-23H,10-13H2,1-2H3/b9-8+/t14?,16-,17+,18?/m0/s1. The van der Waals surface area contributed by atoms with Crippen LogP contribution in [0.25, 0.3) is 0 Å². The van der Waals surface area contributed by atoms with Crippen LogP contribution in [-0.4, -0.2) is 58.9 Å². The van der Waals surface area contributed by atoms with Crippen molar-refractivity contribution in [3.63, 3.8) is 0 Å². The molecule has 26 heavy (non-hydrogen) atoms. The predicted molar refractivity (Wildman–Crippen MR) is 97.5 cm³/mol. The molecule has 1 aliphatic rings. The molecular formula is C20H27NO5. The maximum absolute atomic E-state index is 12.7. The second kappa shape index (κ2) is 9.50.